The van der Waals surface area contributed by atoms with Crippen LogP contribution in [0, 0.1) is 0 Å². The lowest BCUT2D eigenvalue weighted by molar-refractivity contribution is -0.132. The predicted molar refractivity (Wildman–Crippen MR) is 35.2 cm³/mol. The first-order valence-electron chi connectivity index (χ1n) is 2.99. The molecule has 0 unspecified atom stereocenters. The molecule has 6 nitrogen and oxygen atoms in total. The Morgan fingerprint density at radius 1 is 1.64 bits per heavy atom. The number of hydrogen-bond acceptors (Lipinski definition) is 4. The van der Waals surface area contributed by atoms with Gasteiger partial charge in [-0.05, 0) is 0 Å². The number of nitrogens with zero attached hydrogens (tertiary/aromatic N) is 3. The lowest BCUT2D eigenvalue weighted by Crippen LogP contribution is -2.27. The van der Waals surface area contributed by atoms with Gasteiger partial charge in [-0.3, -0.25) is 9.63 Å². The van der Waals surface area contributed by atoms with Crippen LogP contribution in [0.3, 0.4) is 0 Å². The van der Waals surface area contributed by atoms with Gasteiger partial charge < -0.3 is 0 Å². The Kier molecular flexibility index (Phi) is 2.56. The lowest BCUT2D eigenvalue weighted by atomic mass is 10.6. The molecule has 1 rings (SSSR count). The number of hydrogen-bond donors (Lipinski definition) is 1. The summed E-state index contributed by atoms with van der Waals surface area (Å²) >= 11 is 0. The van der Waals surface area contributed by atoms with Crippen molar-refractivity contribution in [2.75, 3.05) is 7.11 Å². The highest BCUT2D eigenvalue weighted by Crippen LogP contribution is 1.77. The Balaban J connectivity index is 2.37. The molecule has 0 aromatic carbocycles. The number of carbonyl (C=O) groups is 1. The fraction of sp³-hybridized carbons (Fsp3) is 0.400. The van der Waals surface area contributed by atoms with Gasteiger partial charge >= 0.3 is 0 Å². The molecular formula is C5H8N4O2. The van der Waals surface area contributed by atoms with E-state index in [1.165, 1.54) is 24.3 Å². The minimum Gasteiger partial charge on any atom is -0.277 e. The van der Waals surface area contributed by atoms with E-state index in [-0.39, 0.29) is 12.5 Å². The number of nitrogens with one attached hydrogen (secondary N) is 1. The largest absolute Gasteiger partial charge is 0.277 e. The highest BCUT2D eigenvalue weighted by molar-refractivity contribution is 5.74. The van der Waals surface area contributed by atoms with E-state index in [0.717, 1.165) is 0 Å². The third kappa shape index (κ3) is 2.34. The molecule has 0 atom stereocenters. The van der Waals surface area contributed by atoms with Gasteiger partial charge in [0.25, 0.3) is 5.91 Å². The van der Waals surface area contributed by atoms with Gasteiger partial charge in [-0.1, -0.05) is 0 Å². The van der Waals surface area contributed by atoms with Crippen molar-refractivity contribution in [3.63, 3.8) is 0 Å². The number of amides is 1. The van der Waals surface area contributed by atoms with E-state index in [2.05, 4.69) is 20.5 Å². The van der Waals surface area contributed by atoms with Crippen LogP contribution >= 0.6 is 0 Å². The molecule has 0 aliphatic rings. The maximum Gasteiger partial charge on any atom is 0.267 e. The fourth-order valence-corrected chi connectivity index (χ4v) is 0.600. The molecule has 0 saturated heterocycles. The zero-order valence-corrected chi connectivity index (χ0v) is 6.02. The van der Waals surface area contributed by atoms with Crippen LogP contribution < -0.4 is 5.48 Å². The summed E-state index contributed by atoms with van der Waals surface area (Å²) in [6, 6.07) is 0. The van der Waals surface area contributed by atoms with Crippen molar-refractivity contribution in [3.05, 3.63) is 12.4 Å². The predicted octanol–water partition coefficient (Wildman–Crippen LogP) is -1.04. The first kappa shape index (κ1) is 7.67. The van der Waals surface area contributed by atoms with E-state index in [9.17, 15) is 4.79 Å². The van der Waals surface area contributed by atoms with E-state index in [4.69, 9.17) is 0 Å². The molecular weight excluding hydrogens is 148 g/mol. The molecule has 0 spiro atoms. The summed E-state index contributed by atoms with van der Waals surface area (Å²) in [6.45, 7) is 0.0703. The highest BCUT2D eigenvalue weighted by atomic mass is 16.6. The van der Waals surface area contributed by atoms with Crippen molar-refractivity contribution in [1.29, 1.82) is 0 Å². The van der Waals surface area contributed by atoms with Crippen molar-refractivity contribution < 1.29 is 9.63 Å². The molecule has 0 saturated carbocycles. The van der Waals surface area contributed by atoms with Crippen LogP contribution in [0.2, 0.25) is 0 Å². The van der Waals surface area contributed by atoms with Crippen LogP contribution in [0.15, 0.2) is 12.4 Å². The fourth-order valence-electron chi connectivity index (χ4n) is 0.600. The van der Waals surface area contributed by atoms with Crippen LogP contribution in [-0.2, 0) is 16.2 Å². The van der Waals surface area contributed by atoms with Crippen LogP contribution in [0.25, 0.3) is 0 Å². The number of aromatic nitrogens is 3. The Labute approximate surface area is 63.1 Å². The second-order valence-electron chi connectivity index (χ2n) is 1.79. The topological polar surface area (TPSA) is 69.0 Å². The molecule has 1 aromatic rings. The Bertz CT molecular complexity index is 220. The van der Waals surface area contributed by atoms with E-state index in [1.54, 1.807) is 0 Å². The maximum atomic E-state index is 10.8. The van der Waals surface area contributed by atoms with E-state index < -0.39 is 0 Å². The summed E-state index contributed by atoms with van der Waals surface area (Å²) in [5.41, 5.74) is 2.14. The molecule has 1 amide bonds. The second kappa shape index (κ2) is 3.67. The van der Waals surface area contributed by atoms with Gasteiger partial charge in [0.15, 0.2) is 0 Å². The smallest absolute Gasteiger partial charge is 0.267 e. The maximum absolute atomic E-state index is 10.8. The average Bonchev–Trinajstić information content (AvgIpc) is 2.40. The van der Waals surface area contributed by atoms with Crippen LogP contribution in [0.5, 0.6) is 0 Å². The molecule has 11 heavy (non-hydrogen) atoms. The highest BCUT2D eigenvalue weighted by Gasteiger charge is 2.00. The molecule has 0 radical (unpaired) electrons. The molecule has 60 valence electrons. The molecule has 1 N–H and O–H groups in total. The van der Waals surface area contributed by atoms with Gasteiger partial charge in [-0.2, -0.15) is 15.0 Å². The van der Waals surface area contributed by atoms with Crippen molar-refractivity contribution in [2.24, 2.45) is 0 Å². The van der Waals surface area contributed by atoms with Crippen molar-refractivity contribution in [3.8, 4) is 0 Å². The Morgan fingerprint density at radius 3 is 2.82 bits per heavy atom. The monoisotopic (exact) mass is 156 g/mol. The SMILES string of the molecule is CONC(=O)Cn1nccn1. The first-order valence-corrected chi connectivity index (χ1v) is 2.99. The van der Waals surface area contributed by atoms with Crippen LogP contribution in [0.4, 0.5) is 0 Å². The Morgan fingerprint density at radius 2 is 2.27 bits per heavy atom. The summed E-state index contributed by atoms with van der Waals surface area (Å²) < 4.78 is 0. The number of carbonyl (C=O) groups excluding carboxylic acids is 1. The van der Waals surface area contributed by atoms with E-state index in [1.807, 2.05) is 0 Å². The summed E-state index contributed by atoms with van der Waals surface area (Å²) in [4.78, 5) is 16.4. The standard InChI is InChI=1S/C5H8N4O2/c1-11-8-5(10)4-9-6-2-3-7-9/h2-3H,4H2,1H3,(H,8,10). The molecule has 0 aliphatic heterocycles. The molecule has 0 aliphatic carbocycles. The zero-order chi connectivity index (χ0) is 8.10. The third-order valence-corrected chi connectivity index (χ3v) is 0.968. The zero-order valence-electron chi connectivity index (χ0n) is 6.02. The van der Waals surface area contributed by atoms with Crippen molar-refractivity contribution in [2.45, 2.75) is 6.54 Å². The van der Waals surface area contributed by atoms with Gasteiger partial charge in [0.05, 0.1) is 19.5 Å². The minimum atomic E-state index is -0.288. The third-order valence-electron chi connectivity index (χ3n) is 0.968. The summed E-state index contributed by atoms with van der Waals surface area (Å²) in [5, 5.41) is 7.46. The lowest BCUT2D eigenvalue weighted by Gasteiger charge is -1.99. The van der Waals surface area contributed by atoms with Crippen molar-refractivity contribution >= 4 is 5.91 Å². The summed E-state index contributed by atoms with van der Waals surface area (Å²) in [6.07, 6.45) is 3.00. The van der Waals surface area contributed by atoms with Gasteiger partial charge in [-0.25, -0.2) is 5.48 Å². The number of rotatable bonds is 3. The van der Waals surface area contributed by atoms with E-state index in [0.29, 0.717) is 0 Å². The van der Waals surface area contributed by atoms with E-state index >= 15 is 0 Å². The molecule has 6 heteroatoms. The molecule has 0 fully saturated rings. The van der Waals surface area contributed by atoms with Gasteiger partial charge in [0.1, 0.15) is 6.54 Å². The average molecular weight is 156 g/mol. The van der Waals surface area contributed by atoms with Gasteiger partial charge in [0, 0.05) is 0 Å². The number of hydroxylamine groups is 1. The molecule has 0 bridgehead atoms. The van der Waals surface area contributed by atoms with Crippen LogP contribution in [0.1, 0.15) is 0 Å². The normalized spacial score (nSPS) is 9.55. The molecule has 1 heterocycles. The first-order chi connectivity index (χ1) is 5.33. The summed E-state index contributed by atoms with van der Waals surface area (Å²) in [7, 11) is 1.37. The Hall–Kier alpha value is -1.43. The quantitative estimate of drug-likeness (QED) is 0.567. The van der Waals surface area contributed by atoms with Gasteiger partial charge in [-0.15, -0.1) is 0 Å². The van der Waals surface area contributed by atoms with Crippen molar-refractivity contribution in [1.82, 2.24) is 20.5 Å². The minimum absolute atomic E-state index is 0.0703. The summed E-state index contributed by atoms with van der Waals surface area (Å²) in [5.74, 6) is -0.288. The second-order valence-corrected chi connectivity index (χ2v) is 1.79. The molecule has 1 aromatic heterocycles. The van der Waals surface area contributed by atoms with Gasteiger partial charge in [0.2, 0.25) is 0 Å². The van der Waals surface area contributed by atoms with Crippen LogP contribution in [-0.4, -0.2) is 28.0 Å².